The Balaban J connectivity index is 3.17. The third-order valence-corrected chi connectivity index (χ3v) is 1.23. The number of nitrogen functional groups attached to an aromatic ring is 1. The second kappa shape index (κ2) is 2.02. The molecule has 5 nitrogen and oxygen atoms in total. The first kappa shape index (κ1) is 6.60. The molecule has 0 aliphatic rings. The number of anilines is 1. The average Bonchev–Trinajstić information content (AvgIpc) is 2.14. The molecule has 0 saturated carbocycles. The SMILES string of the molecule is Cc1[nH]nc(C(N)=O)c1N. The molecular formula is C5H8N4O. The van der Waals surface area contributed by atoms with Crippen LogP contribution in [0.15, 0.2) is 0 Å². The number of aryl methyl sites for hydroxylation is 1. The topological polar surface area (TPSA) is 97.8 Å². The van der Waals surface area contributed by atoms with Crippen molar-refractivity contribution in [1.29, 1.82) is 0 Å². The van der Waals surface area contributed by atoms with Gasteiger partial charge in [-0.3, -0.25) is 9.89 Å². The summed E-state index contributed by atoms with van der Waals surface area (Å²) in [6.07, 6.45) is 0. The van der Waals surface area contributed by atoms with Crippen LogP contribution in [0.3, 0.4) is 0 Å². The number of primary amides is 1. The predicted octanol–water partition coefficient (Wildman–Crippen LogP) is -0.601. The first-order valence-corrected chi connectivity index (χ1v) is 2.73. The average molecular weight is 140 g/mol. The lowest BCUT2D eigenvalue weighted by atomic mass is 10.3. The number of hydrogen-bond acceptors (Lipinski definition) is 3. The number of aromatic amines is 1. The first-order chi connectivity index (χ1) is 4.63. The summed E-state index contributed by atoms with van der Waals surface area (Å²) in [6.45, 7) is 1.72. The van der Waals surface area contributed by atoms with Crippen LogP contribution in [0.4, 0.5) is 5.69 Å². The number of rotatable bonds is 1. The molecule has 1 heterocycles. The normalized spacial score (nSPS) is 9.70. The summed E-state index contributed by atoms with van der Waals surface area (Å²) in [7, 11) is 0. The second-order valence-corrected chi connectivity index (χ2v) is 1.98. The number of carbonyl (C=O) groups is 1. The molecule has 0 aliphatic carbocycles. The molecule has 1 aromatic heterocycles. The van der Waals surface area contributed by atoms with E-state index in [4.69, 9.17) is 11.5 Å². The van der Waals surface area contributed by atoms with Crippen LogP contribution in [-0.4, -0.2) is 16.1 Å². The minimum Gasteiger partial charge on any atom is -0.395 e. The molecule has 0 aliphatic heterocycles. The zero-order valence-corrected chi connectivity index (χ0v) is 5.51. The number of carbonyl (C=O) groups excluding carboxylic acids is 1. The Labute approximate surface area is 57.4 Å². The minimum absolute atomic E-state index is 0.109. The largest absolute Gasteiger partial charge is 0.395 e. The summed E-state index contributed by atoms with van der Waals surface area (Å²) >= 11 is 0. The van der Waals surface area contributed by atoms with Gasteiger partial charge in [0, 0.05) is 0 Å². The molecule has 0 radical (unpaired) electrons. The van der Waals surface area contributed by atoms with Crippen molar-refractivity contribution in [2.24, 2.45) is 5.73 Å². The van der Waals surface area contributed by atoms with Gasteiger partial charge in [0.15, 0.2) is 5.69 Å². The molecule has 5 heteroatoms. The standard InChI is InChI=1S/C5H8N4O/c1-2-3(6)4(5(7)10)9-8-2/h6H2,1H3,(H2,7,10)(H,8,9). The molecular weight excluding hydrogens is 132 g/mol. The fourth-order valence-corrected chi connectivity index (χ4v) is 0.626. The van der Waals surface area contributed by atoms with Gasteiger partial charge in [-0.1, -0.05) is 0 Å². The molecule has 10 heavy (non-hydrogen) atoms. The maximum atomic E-state index is 10.5. The molecule has 0 bridgehead atoms. The van der Waals surface area contributed by atoms with Crippen molar-refractivity contribution in [3.05, 3.63) is 11.4 Å². The van der Waals surface area contributed by atoms with Gasteiger partial charge >= 0.3 is 0 Å². The Hall–Kier alpha value is -1.52. The molecule has 5 N–H and O–H groups in total. The molecule has 54 valence electrons. The zero-order chi connectivity index (χ0) is 7.72. The van der Waals surface area contributed by atoms with Crippen molar-refractivity contribution in [1.82, 2.24) is 10.2 Å². The van der Waals surface area contributed by atoms with E-state index in [9.17, 15) is 4.79 Å². The van der Waals surface area contributed by atoms with Crippen LogP contribution in [0.5, 0.6) is 0 Å². The third kappa shape index (κ3) is 0.812. The van der Waals surface area contributed by atoms with Crippen molar-refractivity contribution >= 4 is 11.6 Å². The number of aromatic nitrogens is 2. The monoisotopic (exact) mass is 140 g/mol. The molecule has 0 aromatic carbocycles. The highest BCUT2D eigenvalue weighted by Crippen LogP contribution is 2.10. The summed E-state index contributed by atoms with van der Waals surface area (Å²) in [4.78, 5) is 10.5. The zero-order valence-electron chi connectivity index (χ0n) is 5.51. The summed E-state index contributed by atoms with van der Waals surface area (Å²) < 4.78 is 0. The highest BCUT2D eigenvalue weighted by Gasteiger charge is 2.10. The van der Waals surface area contributed by atoms with Crippen LogP contribution in [0.25, 0.3) is 0 Å². The first-order valence-electron chi connectivity index (χ1n) is 2.73. The lowest BCUT2D eigenvalue weighted by Crippen LogP contribution is -2.13. The number of amides is 1. The van der Waals surface area contributed by atoms with Gasteiger partial charge < -0.3 is 11.5 Å². The third-order valence-electron chi connectivity index (χ3n) is 1.23. The minimum atomic E-state index is -0.609. The van der Waals surface area contributed by atoms with Gasteiger partial charge in [-0.25, -0.2) is 0 Å². The lowest BCUT2D eigenvalue weighted by Gasteiger charge is -1.88. The molecule has 0 saturated heterocycles. The number of H-pyrrole nitrogens is 1. The van der Waals surface area contributed by atoms with Crippen molar-refractivity contribution in [2.45, 2.75) is 6.92 Å². The van der Waals surface area contributed by atoms with E-state index in [1.165, 1.54) is 0 Å². The van der Waals surface area contributed by atoms with Gasteiger partial charge in [0.05, 0.1) is 11.4 Å². The molecule has 1 rings (SSSR count). The van der Waals surface area contributed by atoms with Crippen molar-refractivity contribution in [3.63, 3.8) is 0 Å². The highest BCUT2D eigenvalue weighted by molar-refractivity contribution is 5.96. The van der Waals surface area contributed by atoms with E-state index in [1.807, 2.05) is 0 Å². The maximum Gasteiger partial charge on any atom is 0.271 e. The smallest absolute Gasteiger partial charge is 0.271 e. The lowest BCUT2D eigenvalue weighted by molar-refractivity contribution is 0.0996. The van der Waals surface area contributed by atoms with Gasteiger partial charge in [0.1, 0.15) is 0 Å². The number of nitrogens with one attached hydrogen (secondary N) is 1. The highest BCUT2D eigenvalue weighted by atomic mass is 16.1. The Morgan fingerprint density at radius 1 is 1.70 bits per heavy atom. The van der Waals surface area contributed by atoms with E-state index in [1.54, 1.807) is 6.92 Å². The molecule has 0 spiro atoms. The van der Waals surface area contributed by atoms with Gasteiger partial charge in [-0.05, 0) is 6.92 Å². The van der Waals surface area contributed by atoms with E-state index in [0.29, 0.717) is 11.4 Å². The molecule has 1 amide bonds. The van der Waals surface area contributed by atoms with Crippen LogP contribution in [0.2, 0.25) is 0 Å². The number of nitrogens with two attached hydrogens (primary N) is 2. The van der Waals surface area contributed by atoms with Gasteiger partial charge in [-0.15, -0.1) is 0 Å². The van der Waals surface area contributed by atoms with Gasteiger partial charge in [0.25, 0.3) is 5.91 Å². The fraction of sp³-hybridized carbons (Fsp3) is 0.200. The Morgan fingerprint density at radius 2 is 2.30 bits per heavy atom. The van der Waals surface area contributed by atoms with Crippen LogP contribution >= 0.6 is 0 Å². The fourth-order valence-electron chi connectivity index (χ4n) is 0.626. The van der Waals surface area contributed by atoms with Crippen molar-refractivity contribution in [2.75, 3.05) is 5.73 Å². The predicted molar refractivity (Wildman–Crippen MR) is 36.3 cm³/mol. The quantitative estimate of drug-likeness (QED) is 0.485. The number of hydrogen-bond donors (Lipinski definition) is 3. The second-order valence-electron chi connectivity index (χ2n) is 1.98. The van der Waals surface area contributed by atoms with Gasteiger partial charge in [0.2, 0.25) is 0 Å². The molecule has 1 aromatic rings. The molecule has 0 unspecified atom stereocenters. The van der Waals surface area contributed by atoms with Crippen LogP contribution in [0, 0.1) is 6.92 Å². The molecule has 0 fully saturated rings. The van der Waals surface area contributed by atoms with Crippen molar-refractivity contribution in [3.8, 4) is 0 Å². The van der Waals surface area contributed by atoms with Crippen LogP contribution in [0.1, 0.15) is 16.2 Å². The van der Waals surface area contributed by atoms with E-state index in [2.05, 4.69) is 10.2 Å². The summed E-state index contributed by atoms with van der Waals surface area (Å²) in [5.41, 5.74) is 11.4. The van der Waals surface area contributed by atoms with E-state index < -0.39 is 5.91 Å². The summed E-state index contributed by atoms with van der Waals surface area (Å²) in [5, 5.41) is 6.13. The Kier molecular flexibility index (Phi) is 1.33. The number of nitrogens with zero attached hydrogens (tertiary/aromatic N) is 1. The molecule has 0 atom stereocenters. The summed E-state index contributed by atoms with van der Waals surface area (Å²) in [5.74, 6) is -0.609. The van der Waals surface area contributed by atoms with Crippen LogP contribution < -0.4 is 11.5 Å². The van der Waals surface area contributed by atoms with E-state index in [-0.39, 0.29) is 5.69 Å². The maximum absolute atomic E-state index is 10.5. The van der Waals surface area contributed by atoms with Crippen LogP contribution in [-0.2, 0) is 0 Å². The Bertz CT molecular complexity index is 265. The summed E-state index contributed by atoms with van der Waals surface area (Å²) in [6, 6.07) is 0. The van der Waals surface area contributed by atoms with Gasteiger partial charge in [-0.2, -0.15) is 5.10 Å². The van der Waals surface area contributed by atoms with E-state index in [0.717, 1.165) is 0 Å². The van der Waals surface area contributed by atoms with Crippen molar-refractivity contribution < 1.29 is 4.79 Å². The van der Waals surface area contributed by atoms with E-state index >= 15 is 0 Å². The Morgan fingerprint density at radius 3 is 2.50 bits per heavy atom.